The van der Waals surface area contributed by atoms with Crippen LogP contribution in [0, 0.1) is 6.92 Å². The lowest BCUT2D eigenvalue weighted by molar-refractivity contribution is 0.0965. The monoisotopic (exact) mass is 267 g/mol. The van der Waals surface area contributed by atoms with Gasteiger partial charge in [-0.25, -0.2) is 0 Å². The molecule has 0 bridgehead atoms. The molecule has 0 spiro atoms. The van der Waals surface area contributed by atoms with Crippen LogP contribution in [-0.2, 0) is 6.54 Å². The van der Waals surface area contributed by atoms with Crippen molar-refractivity contribution in [1.82, 2.24) is 5.32 Å². The fourth-order valence-corrected chi connectivity index (χ4v) is 2.51. The van der Waals surface area contributed by atoms with Crippen molar-refractivity contribution in [3.63, 3.8) is 0 Å². The van der Waals surface area contributed by atoms with Crippen LogP contribution in [0.3, 0.4) is 0 Å². The van der Waals surface area contributed by atoms with E-state index in [1.54, 1.807) is 12.1 Å². The summed E-state index contributed by atoms with van der Waals surface area (Å²) in [5.41, 5.74) is 5.11. The highest BCUT2D eigenvalue weighted by molar-refractivity contribution is 6.58. The molecule has 5 heteroatoms. The van der Waals surface area contributed by atoms with Gasteiger partial charge in [-0.3, -0.25) is 4.79 Å². The van der Waals surface area contributed by atoms with E-state index < -0.39 is 7.12 Å². The summed E-state index contributed by atoms with van der Waals surface area (Å²) in [4.78, 5) is 11.5. The van der Waals surface area contributed by atoms with Crippen LogP contribution in [-0.4, -0.2) is 23.1 Å². The summed E-state index contributed by atoms with van der Waals surface area (Å²) in [6, 6.07) is 11.0. The second-order valence-corrected chi connectivity index (χ2v) is 5.00. The van der Waals surface area contributed by atoms with Gasteiger partial charge < -0.3 is 15.4 Å². The molecule has 2 aromatic carbocycles. The molecule has 1 aliphatic heterocycles. The lowest BCUT2D eigenvalue weighted by Gasteiger charge is -2.10. The third kappa shape index (κ3) is 2.11. The number of rotatable bonds is 2. The fourth-order valence-electron chi connectivity index (χ4n) is 2.51. The van der Waals surface area contributed by atoms with Gasteiger partial charge in [-0.15, -0.1) is 0 Å². The molecule has 4 nitrogen and oxygen atoms in total. The number of hydrogen-bond acceptors (Lipinski definition) is 3. The Morgan fingerprint density at radius 1 is 1.10 bits per heavy atom. The molecule has 0 aliphatic carbocycles. The molecule has 0 unspecified atom stereocenters. The van der Waals surface area contributed by atoms with Gasteiger partial charge in [-0.05, 0) is 46.8 Å². The molecule has 2 aromatic rings. The van der Waals surface area contributed by atoms with Gasteiger partial charge in [0.25, 0.3) is 5.91 Å². The number of carbonyl (C=O) groups is 1. The van der Waals surface area contributed by atoms with Crippen LogP contribution < -0.4 is 10.8 Å². The van der Waals surface area contributed by atoms with Gasteiger partial charge in [-0.2, -0.15) is 0 Å². The second kappa shape index (κ2) is 4.78. The smallest absolute Gasteiger partial charge is 0.423 e. The van der Waals surface area contributed by atoms with E-state index in [-0.39, 0.29) is 5.91 Å². The van der Waals surface area contributed by atoms with Gasteiger partial charge in [0.1, 0.15) is 0 Å². The Morgan fingerprint density at radius 3 is 2.65 bits per heavy atom. The summed E-state index contributed by atoms with van der Waals surface area (Å²) in [6.45, 7) is 2.52. The first-order valence-corrected chi connectivity index (χ1v) is 6.44. The van der Waals surface area contributed by atoms with Crippen LogP contribution in [0.2, 0.25) is 0 Å². The summed E-state index contributed by atoms with van der Waals surface area (Å²) in [5, 5.41) is 21.3. The third-order valence-electron chi connectivity index (χ3n) is 3.66. The largest absolute Gasteiger partial charge is 0.488 e. The predicted octanol–water partition coefficient (Wildman–Crippen LogP) is 0.585. The first-order chi connectivity index (χ1) is 9.56. The highest BCUT2D eigenvalue weighted by atomic mass is 16.4. The highest BCUT2D eigenvalue weighted by Crippen LogP contribution is 2.26. The molecule has 0 atom stereocenters. The topological polar surface area (TPSA) is 69.6 Å². The van der Waals surface area contributed by atoms with E-state index >= 15 is 0 Å². The average molecular weight is 267 g/mol. The van der Waals surface area contributed by atoms with Crippen molar-refractivity contribution in [2.75, 3.05) is 0 Å². The molecular formula is C15H14BNO3. The van der Waals surface area contributed by atoms with Crippen LogP contribution in [0.4, 0.5) is 0 Å². The van der Waals surface area contributed by atoms with Crippen LogP contribution in [0.5, 0.6) is 0 Å². The quantitative estimate of drug-likeness (QED) is 0.697. The zero-order chi connectivity index (χ0) is 14.3. The maximum atomic E-state index is 11.5. The SMILES string of the molecule is Cc1ccc(B(O)O)cc1-c1ccc2c(c1)CNC2=O. The first kappa shape index (κ1) is 12.9. The Morgan fingerprint density at radius 2 is 1.90 bits per heavy atom. The molecule has 0 saturated heterocycles. The van der Waals surface area contributed by atoms with Gasteiger partial charge >= 0.3 is 7.12 Å². The van der Waals surface area contributed by atoms with Crippen molar-refractivity contribution in [1.29, 1.82) is 0 Å². The van der Waals surface area contributed by atoms with E-state index in [1.807, 2.05) is 31.2 Å². The van der Waals surface area contributed by atoms with Crippen molar-refractivity contribution >= 4 is 18.5 Å². The molecule has 20 heavy (non-hydrogen) atoms. The predicted molar refractivity (Wildman–Crippen MR) is 77.6 cm³/mol. The van der Waals surface area contributed by atoms with Crippen molar-refractivity contribution in [2.24, 2.45) is 0 Å². The normalized spacial score (nSPS) is 13.1. The molecule has 3 N–H and O–H groups in total. The first-order valence-electron chi connectivity index (χ1n) is 6.44. The standard InChI is InChI=1S/C15H14BNO3/c1-9-2-4-12(16(19)20)7-14(9)10-3-5-13-11(6-10)8-17-15(13)18/h2-7,19-20H,8H2,1H3,(H,17,18). The van der Waals surface area contributed by atoms with E-state index in [2.05, 4.69) is 5.32 Å². The minimum atomic E-state index is -1.48. The summed E-state index contributed by atoms with van der Waals surface area (Å²) in [6.07, 6.45) is 0. The number of benzene rings is 2. The van der Waals surface area contributed by atoms with E-state index in [0.717, 1.165) is 22.3 Å². The number of carbonyl (C=O) groups excluding carboxylic acids is 1. The molecule has 1 heterocycles. The van der Waals surface area contributed by atoms with Crippen LogP contribution in [0.1, 0.15) is 21.5 Å². The molecule has 0 saturated carbocycles. The number of fused-ring (bicyclic) bond motifs is 1. The number of nitrogens with one attached hydrogen (secondary N) is 1. The van der Waals surface area contributed by atoms with Crippen LogP contribution in [0.25, 0.3) is 11.1 Å². The second-order valence-electron chi connectivity index (χ2n) is 5.00. The molecule has 100 valence electrons. The van der Waals surface area contributed by atoms with Crippen molar-refractivity contribution in [3.05, 3.63) is 53.1 Å². The van der Waals surface area contributed by atoms with E-state index in [0.29, 0.717) is 17.6 Å². The Bertz CT molecular complexity index is 698. The van der Waals surface area contributed by atoms with Crippen LogP contribution >= 0.6 is 0 Å². The summed E-state index contributed by atoms with van der Waals surface area (Å²) >= 11 is 0. The zero-order valence-electron chi connectivity index (χ0n) is 11.1. The van der Waals surface area contributed by atoms with Gasteiger partial charge in [0, 0.05) is 12.1 Å². The average Bonchev–Trinajstić information content (AvgIpc) is 2.80. The Labute approximate surface area is 117 Å². The molecule has 3 rings (SSSR count). The minimum Gasteiger partial charge on any atom is -0.423 e. The van der Waals surface area contributed by atoms with Gasteiger partial charge in [-0.1, -0.05) is 24.3 Å². The Hall–Kier alpha value is -2.11. The molecular weight excluding hydrogens is 253 g/mol. The van der Waals surface area contributed by atoms with Crippen LogP contribution in [0.15, 0.2) is 36.4 Å². The summed E-state index contributed by atoms with van der Waals surface area (Å²) in [7, 11) is -1.48. The summed E-state index contributed by atoms with van der Waals surface area (Å²) < 4.78 is 0. The van der Waals surface area contributed by atoms with E-state index in [4.69, 9.17) is 0 Å². The lowest BCUT2D eigenvalue weighted by atomic mass is 9.78. The fraction of sp³-hybridized carbons (Fsp3) is 0.133. The van der Waals surface area contributed by atoms with Crippen molar-refractivity contribution in [3.8, 4) is 11.1 Å². The molecule has 0 aromatic heterocycles. The van der Waals surface area contributed by atoms with Gasteiger partial charge in [0.2, 0.25) is 0 Å². The molecule has 0 fully saturated rings. The van der Waals surface area contributed by atoms with E-state index in [9.17, 15) is 14.8 Å². The minimum absolute atomic E-state index is 0.0391. The van der Waals surface area contributed by atoms with Gasteiger partial charge in [0.05, 0.1) is 0 Å². The van der Waals surface area contributed by atoms with Crippen molar-refractivity contribution in [2.45, 2.75) is 13.5 Å². The third-order valence-corrected chi connectivity index (χ3v) is 3.66. The Balaban J connectivity index is 2.09. The summed E-state index contributed by atoms with van der Waals surface area (Å²) in [5.74, 6) is -0.0391. The number of aryl methyl sites for hydroxylation is 1. The highest BCUT2D eigenvalue weighted by Gasteiger charge is 2.19. The molecule has 1 aliphatic rings. The zero-order valence-corrected chi connectivity index (χ0v) is 11.1. The van der Waals surface area contributed by atoms with Crippen molar-refractivity contribution < 1.29 is 14.8 Å². The maximum absolute atomic E-state index is 11.5. The number of amides is 1. The maximum Gasteiger partial charge on any atom is 0.488 e. The van der Waals surface area contributed by atoms with E-state index in [1.165, 1.54) is 0 Å². The number of hydrogen-bond donors (Lipinski definition) is 3. The van der Waals surface area contributed by atoms with Gasteiger partial charge in [0.15, 0.2) is 0 Å². The lowest BCUT2D eigenvalue weighted by Crippen LogP contribution is -2.29. The molecule has 1 amide bonds. The Kier molecular flexibility index (Phi) is 3.08. The molecule has 0 radical (unpaired) electrons.